The molecule has 2 heteroatoms. The molecule has 0 fully saturated rings. The minimum absolute atomic E-state index is 0.387. The summed E-state index contributed by atoms with van der Waals surface area (Å²) in [5, 5.41) is 11.0. The molecule has 0 bridgehead atoms. The lowest BCUT2D eigenvalue weighted by Gasteiger charge is -2.09. The summed E-state index contributed by atoms with van der Waals surface area (Å²) in [4.78, 5) is 1.37. The maximum atomic E-state index is 9.71. The van der Waals surface area contributed by atoms with Crippen LogP contribution in [0.25, 0.3) is 10.1 Å². The molecule has 0 radical (unpaired) electrons. The van der Waals surface area contributed by atoms with E-state index in [2.05, 4.69) is 37.3 Å². The third-order valence-corrected chi connectivity index (χ3v) is 4.83. The molecule has 19 heavy (non-hydrogen) atoms. The van der Waals surface area contributed by atoms with Gasteiger partial charge in [0, 0.05) is 16.0 Å². The summed E-state index contributed by atoms with van der Waals surface area (Å²) in [5.41, 5.74) is 3.47. The third-order valence-electron chi connectivity index (χ3n) is 3.71. The normalized spacial score (nSPS) is 11.1. The lowest BCUT2D eigenvalue weighted by atomic mass is 9.99. The van der Waals surface area contributed by atoms with Crippen LogP contribution in [-0.4, -0.2) is 5.11 Å². The van der Waals surface area contributed by atoms with Crippen LogP contribution in [0.15, 0.2) is 42.5 Å². The molecular formula is C17H16OS. The molecular weight excluding hydrogens is 252 g/mol. The van der Waals surface area contributed by atoms with E-state index in [9.17, 15) is 5.11 Å². The van der Waals surface area contributed by atoms with Gasteiger partial charge in [0.1, 0.15) is 5.75 Å². The zero-order chi connectivity index (χ0) is 13.4. The molecule has 0 saturated carbocycles. The molecule has 0 aliphatic rings. The topological polar surface area (TPSA) is 20.2 Å². The first-order valence-corrected chi connectivity index (χ1v) is 7.22. The van der Waals surface area contributed by atoms with Crippen molar-refractivity contribution in [3.05, 3.63) is 64.0 Å². The van der Waals surface area contributed by atoms with Gasteiger partial charge in [-0.2, -0.15) is 0 Å². The zero-order valence-corrected chi connectivity index (χ0v) is 11.9. The lowest BCUT2D eigenvalue weighted by molar-refractivity contribution is 0.470. The predicted octanol–water partition coefficient (Wildman–Crippen LogP) is 4.81. The minimum atomic E-state index is 0.387. The van der Waals surface area contributed by atoms with E-state index in [0.717, 1.165) is 12.0 Å². The molecule has 1 aromatic heterocycles. The van der Waals surface area contributed by atoms with Gasteiger partial charge in [-0.3, -0.25) is 0 Å². The van der Waals surface area contributed by atoms with E-state index >= 15 is 0 Å². The average Bonchev–Trinajstić information content (AvgIpc) is 2.82. The van der Waals surface area contributed by atoms with Gasteiger partial charge in [0.25, 0.3) is 0 Å². The molecule has 0 unspecified atom stereocenters. The number of phenols is 1. The Balaban J connectivity index is 1.99. The Bertz CT molecular complexity index is 707. The van der Waals surface area contributed by atoms with Gasteiger partial charge in [-0.15, -0.1) is 11.3 Å². The van der Waals surface area contributed by atoms with Gasteiger partial charge in [-0.05, 0) is 54.1 Å². The van der Waals surface area contributed by atoms with Gasteiger partial charge < -0.3 is 5.11 Å². The fourth-order valence-electron chi connectivity index (χ4n) is 2.37. The maximum absolute atomic E-state index is 9.71. The van der Waals surface area contributed by atoms with E-state index in [1.165, 1.54) is 26.1 Å². The van der Waals surface area contributed by atoms with Gasteiger partial charge in [0.15, 0.2) is 0 Å². The smallest absolute Gasteiger partial charge is 0.118 e. The van der Waals surface area contributed by atoms with E-state index in [-0.39, 0.29) is 0 Å². The first-order chi connectivity index (χ1) is 9.15. The van der Waals surface area contributed by atoms with E-state index in [1.807, 2.05) is 24.3 Å². The predicted molar refractivity (Wildman–Crippen MR) is 82.2 cm³/mol. The second-order valence-electron chi connectivity index (χ2n) is 4.92. The van der Waals surface area contributed by atoms with Gasteiger partial charge in [0.2, 0.25) is 0 Å². The van der Waals surface area contributed by atoms with Crippen molar-refractivity contribution in [2.24, 2.45) is 0 Å². The summed E-state index contributed by atoms with van der Waals surface area (Å²) >= 11 is 1.85. The molecule has 0 atom stereocenters. The monoisotopic (exact) mass is 268 g/mol. The number of hydrogen-bond acceptors (Lipinski definition) is 2. The summed E-state index contributed by atoms with van der Waals surface area (Å²) in [6, 6.07) is 14.6. The largest absolute Gasteiger partial charge is 0.508 e. The number of hydrogen-bond donors (Lipinski definition) is 1. The summed E-state index contributed by atoms with van der Waals surface area (Å²) in [5.74, 6) is 0.387. The summed E-state index contributed by atoms with van der Waals surface area (Å²) in [7, 11) is 0. The van der Waals surface area contributed by atoms with Crippen molar-refractivity contribution in [2.45, 2.75) is 20.3 Å². The molecule has 1 heterocycles. The second kappa shape index (κ2) is 4.71. The minimum Gasteiger partial charge on any atom is -0.508 e. The first kappa shape index (κ1) is 12.2. The molecule has 1 nitrogen and oxygen atoms in total. The van der Waals surface area contributed by atoms with Crippen molar-refractivity contribution in [1.82, 2.24) is 0 Å². The Kier molecular flexibility index (Phi) is 3.03. The number of thiophene rings is 1. The highest BCUT2D eigenvalue weighted by Gasteiger charge is 2.08. The van der Waals surface area contributed by atoms with Crippen molar-refractivity contribution in [3.63, 3.8) is 0 Å². The third kappa shape index (κ3) is 2.24. The van der Waals surface area contributed by atoms with Crippen LogP contribution in [0, 0.1) is 13.8 Å². The number of aromatic hydroxyl groups is 1. The molecule has 0 aliphatic carbocycles. The SMILES string of the molecule is Cc1c(O)ccc(Cc2cc3ccccc3s2)c1C. The molecule has 2 aromatic carbocycles. The van der Waals surface area contributed by atoms with Gasteiger partial charge in [-0.25, -0.2) is 0 Å². The number of rotatable bonds is 2. The highest BCUT2D eigenvalue weighted by molar-refractivity contribution is 7.19. The Morgan fingerprint density at radius 2 is 1.79 bits per heavy atom. The molecule has 3 aromatic rings. The number of benzene rings is 2. The second-order valence-corrected chi connectivity index (χ2v) is 6.09. The van der Waals surface area contributed by atoms with Gasteiger partial charge in [0.05, 0.1) is 0 Å². The van der Waals surface area contributed by atoms with Crippen molar-refractivity contribution in [2.75, 3.05) is 0 Å². The standard InChI is InChI=1S/C17H16OS/c1-11-12(2)16(18)8-7-13(11)9-15-10-14-5-3-4-6-17(14)19-15/h3-8,10,18H,9H2,1-2H3. The van der Waals surface area contributed by atoms with E-state index < -0.39 is 0 Å². The molecule has 96 valence electrons. The molecule has 3 rings (SSSR count). The van der Waals surface area contributed by atoms with E-state index in [0.29, 0.717) is 5.75 Å². The summed E-state index contributed by atoms with van der Waals surface area (Å²) in [6.07, 6.45) is 0.937. The average molecular weight is 268 g/mol. The Labute approximate surface area is 117 Å². The quantitative estimate of drug-likeness (QED) is 0.707. The Morgan fingerprint density at radius 1 is 1.00 bits per heavy atom. The van der Waals surface area contributed by atoms with Crippen molar-refractivity contribution in [3.8, 4) is 5.75 Å². The van der Waals surface area contributed by atoms with Crippen LogP contribution in [0.2, 0.25) is 0 Å². The molecule has 0 amide bonds. The van der Waals surface area contributed by atoms with Crippen molar-refractivity contribution >= 4 is 21.4 Å². The summed E-state index contributed by atoms with van der Waals surface area (Å²) < 4.78 is 1.34. The van der Waals surface area contributed by atoms with Gasteiger partial charge in [-0.1, -0.05) is 24.3 Å². The molecule has 0 aliphatic heterocycles. The summed E-state index contributed by atoms with van der Waals surface area (Å²) in [6.45, 7) is 4.05. The fourth-order valence-corrected chi connectivity index (χ4v) is 3.45. The highest BCUT2D eigenvalue weighted by Crippen LogP contribution is 2.30. The van der Waals surface area contributed by atoms with Crippen molar-refractivity contribution in [1.29, 1.82) is 0 Å². The molecule has 1 N–H and O–H groups in total. The maximum Gasteiger partial charge on any atom is 0.118 e. The van der Waals surface area contributed by atoms with Crippen LogP contribution < -0.4 is 0 Å². The first-order valence-electron chi connectivity index (χ1n) is 6.40. The van der Waals surface area contributed by atoms with Gasteiger partial charge >= 0.3 is 0 Å². The molecule has 0 spiro atoms. The van der Waals surface area contributed by atoms with Crippen LogP contribution in [0.5, 0.6) is 5.75 Å². The van der Waals surface area contributed by atoms with E-state index in [1.54, 1.807) is 6.07 Å². The fraction of sp³-hybridized carbons (Fsp3) is 0.176. The Morgan fingerprint density at radius 3 is 2.58 bits per heavy atom. The zero-order valence-electron chi connectivity index (χ0n) is 11.1. The van der Waals surface area contributed by atoms with Crippen LogP contribution >= 0.6 is 11.3 Å². The Hall–Kier alpha value is -1.80. The van der Waals surface area contributed by atoms with Crippen LogP contribution in [0.3, 0.4) is 0 Å². The van der Waals surface area contributed by atoms with Crippen LogP contribution in [0.1, 0.15) is 21.6 Å². The van der Waals surface area contributed by atoms with Crippen LogP contribution in [0.4, 0.5) is 0 Å². The lowest BCUT2D eigenvalue weighted by Crippen LogP contribution is -1.92. The number of phenolic OH excluding ortho intramolecular Hbond substituents is 1. The van der Waals surface area contributed by atoms with Crippen molar-refractivity contribution < 1.29 is 5.11 Å². The van der Waals surface area contributed by atoms with E-state index in [4.69, 9.17) is 0 Å². The highest BCUT2D eigenvalue weighted by atomic mass is 32.1. The van der Waals surface area contributed by atoms with Crippen LogP contribution in [-0.2, 0) is 6.42 Å². The number of fused-ring (bicyclic) bond motifs is 1. The molecule has 0 saturated heterocycles.